The van der Waals surface area contributed by atoms with E-state index in [4.69, 9.17) is 16.3 Å². The highest BCUT2D eigenvalue weighted by Gasteiger charge is 2.10. The molecule has 0 unspecified atom stereocenters. The zero-order chi connectivity index (χ0) is 14.7. The molecule has 0 bridgehead atoms. The Morgan fingerprint density at radius 3 is 2.70 bits per heavy atom. The SMILES string of the molecule is COc1c(Br)cc(Cl)cc1NCc1cc(Br)ccc1F. The summed E-state index contributed by atoms with van der Waals surface area (Å²) in [5.74, 6) is 0.366. The minimum atomic E-state index is -0.263. The van der Waals surface area contributed by atoms with Crippen molar-refractivity contribution in [1.29, 1.82) is 0 Å². The van der Waals surface area contributed by atoms with Gasteiger partial charge in [0.2, 0.25) is 0 Å². The van der Waals surface area contributed by atoms with Crippen LogP contribution in [0.4, 0.5) is 10.1 Å². The lowest BCUT2D eigenvalue weighted by Gasteiger charge is -2.14. The first-order chi connectivity index (χ1) is 9.51. The highest BCUT2D eigenvalue weighted by Crippen LogP contribution is 2.36. The molecule has 6 heteroatoms. The molecule has 2 nitrogen and oxygen atoms in total. The Labute approximate surface area is 138 Å². The number of anilines is 1. The van der Waals surface area contributed by atoms with Crippen LogP contribution in [-0.2, 0) is 6.54 Å². The maximum Gasteiger partial charge on any atom is 0.156 e. The van der Waals surface area contributed by atoms with E-state index < -0.39 is 0 Å². The number of hydrogen-bond donors (Lipinski definition) is 1. The van der Waals surface area contributed by atoms with Gasteiger partial charge in [-0.25, -0.2) is 4.39 Å². The number of ether oxygens (including phenoxy) is 1. The van der Waals surface area contributed by atoms with E-state index in [9.17, 15) is 4.39 Å². The topological polar surface area (TPSA) is 21.3 Å². The minimum Gasteiger partial charge on any atom is -0.493 e. The van der Waals surface area contributed by atoms with Gasteiger partial charge < -0.3 is 10.1 Å². The van der Waals surface area contributed by atoms with Crippen LogP contribution in [0, 0.1) is 5.82 Å². The fourth-order valence-electron chi connectivity index (χ4n) is 1.77. The second kappa shape index (κ2) is 6.78. The molecule has 2 aromatic carbocycles. The summed E-state index contributed by atoms with van der Waals surface area (Å²) in [5.41, 5.74) is 1.25. The van der Waals surface area contributed by atoms with E-state index in [1.165, 1.54) is 6.07 Å². The summed E-state index contributed by atoms with van der Waals surface area (Å²) >= 11 is 12.7. The predicted octanol–water partition coefficient (Wildman–Crippen LogP) is 5.62. The molecule has 0 aromatic heterocycles. The summed E-state index contributed by atoms with van der Waals surface area (Å²) in [4.78, 5) is 0. The van der Waals surface area contributed by atoms with Crippen molar-refractivity contribution >= 4 is 49.1 Å². The van der Waals surface area contributed by atoms with Crippen LogP contribution < -0.4 is 10.1 Å². The molecular formula is C14H11Br2ClFNO. The summed E-state index contributed by atoms with van der Waals surface area (Å²) in [6.07, 6.45) is 0. The average Bonchev–Trinajstić information content (AvgIpc) is 2.39. The second-order valence-electron chi connectivity index (χ2n) is 4.06. The summed E-state index contributed by atoms with van der Waals surface area (Å²) in [7, 11) is 1.57. The van der Waals surface area contributed by atoms with Crippen molar-refractivity contribution < 1.29 is 9.13 Å². The normalized spacial score (nSPS) is 10.4. The molecule has 0 heterocycles. The van der Waals surface area contributed by atoms with Crippen molar-refractivity contribution in [3.05, 3.63) is 55.7 Å². The molecule has 0 fully saturated rings. The van der Waals surface area contributed by atoms with Crippen LogP contribution in [0.1, 0.15) is 5.56 Å². The van der Waals surface area contributed by atoms with Crippen LogP contribution in [0.2, 0.25) is 5.02 Å². The molecule has 0 saturated carbocycles. The van der Waals surface area contributed by atoms with Crippen LogP contribution in [0.15, 0.2) is 39.3 Å². The molecule has 0 aliphatic carbocycles. The third-order valence-corrected chi connectivity index (χ3v) is 3.99. The minimum absolute atomic E-state index is 0.263. The van der Waals surface area contributed by atoms with Gasteiger partial charge in [-0.3, -0.25) is 0 Å². The first-order valence-corrected chi connectivity index (χ1v) is 7.68. The number of rotatable bonds is 4. The molecule has 0 saturated heterocycles. The monoisotopic (exact) mass is 421 g/mol. The standard InChI is InChI=1S/C14H11Br2ClFNO/c1-20-14-11(16)5-10(17)6-13(14)19-7-8-4-9(15)2-3-12(8)18/h2-6,19H,7H2,1H3. The first-order valence-electron chi connectivity index (χ1n) is 5.72. The fourth-order valence-corrected chi connectivity index (χ4v) is 3.15. The van der Waals surface area contributed by atoms with E-state index >= 15 is 0 Å². The van der Waals surface area contributed by atoms with Gasteiger partial charge in [0.1, 0.15) is 5.82 Å². The van der Waals surface area contributed by atoms with Crippen molar-refractivity contribution in [3.63, 3.8) is 0 Å². The molecule has 106 valence electrons. The number of methoxy groups -OCH3 is 1. The van der Waals surface area contributed by atoms with Gasteiger partial charge >= 0.3 is 0 Å². The highest BCUT2D eigenvalue weighted by atomic mass is 79.9. The van der Waals surface area contributed by atoms with Gasteiger partial charge in [0, 0.05) is 21.6 Å². The smallest absolute Gasteiger partial charge is 0.156 e. The molecule has 2 rings (SSSR count). The van der Waals surface area contributed by atoms with Gasteiger partial charge in [0.15, 0.2) is 5.75 Å². The van der Waals surface area contributed by atoms with Crippen LogP contribution in [-0.4, -0.2) is 7.11 Å². The summed E-state index contributed by atoms with van der Waals surface area (Å²) < 4.78 is 20.6. The van der Waals surface area contributed by atoms with Gasteiger partial charge in [-0.1, -0.05) is 27.5 Å². The number of benzene rings is 2. The van der Waals surface area contributed by atoms with Crippen molar-refractivity contribution in [2.45, 2.75) is 6.54 Å². The molecule has 20 heavy (non-hydrogen) atoms. The van der Waals surface area contributed by atoms with Gasteiger partial charge in [0.25, 0.3) is 0 Å². The van der Waals surface area contributed by atoms with Crippen LogP contribution in [0.25, 0.3) is 0 Å². The lowest BCUT2D eigenvalue weighted by Crippen LogP contribution is -2.04. The van der Waals surface area contributed by atoms with Crippen molar-refractivity contribution in [2.75, 3.05) is 12.4 Å². The Kier molecular flexibility index (Phi) is 5.29. The van der Waals surface area contributed by atoms with E-state index in [1.54, 1.807) is 31.4 Å². The Bertz CT molecular complexity index is 637. The third kappa shape index (κ3) is 3.65. The lowest BCUT2D eigenvalue weighted by molar-refractivity contribution is 0.414. The number of halogens is 4. The van der Waals surface area contributed by atoms with E-state index in [2.05, 4.69) is 37.2 Å². The predicted molar refractivity (Wildman–Crippen MR) is 87.1 cm³/mol. The first kappa shape index (κ1) is 15.6. The molecule has 0 amide bonds. The fraction of sp³-hybridized carbons (Fsp3) is 0.143. The Balaban J connectivity index is 2.24. The van der Waals surface area contributed by atoms with Crippen molar-refractivity contribution in [3.8, 4) is 5.75 Å². The number of hydrogen-bond acceptors (Lipinski definition) is 2. The lowest BCUT2D eigenvalue weighted by atomic mass is 10.2. The average molecular weight is 424 g/mol. The zero-order valence-electron chi connectivity index (χ0n) is 10.5. The van der Waals surface area contributed by atoms with Gasteiger partial charge in [-0.2, -0.15) is 0 Å². The van der Waals surface area contributed by atoms with E-state index in [-0.39, 0.29) is 5.82 Å². The maximum atomic E-state index is 13.7. The van der Waals surface area contributed by atoms with Crippen LogP contribution >= 0.6 is 43.5 Å². The Hall–Kier alpha value is -0.780. The molecule has 0 aliphatic heterocycles. The highest BCUT2D eigenvalue weighted by molar-refractivity contribution is 9.10. The third-order valence-electron chi connectivity index (χ3n) is 2.69. The molecule has 0 aliphatic rings. The molecule has 0 atom stereocenters. The van der Waals surface area contributed by atoms with Gasteiger partial charge in [-0.15, -0.1) is 0 Å². The molecule has 0 radical (unpaired) electrons. The Morgan fingerprint density at radius 1 is 1.25 bits per heavy atom. The van der Waals surface area contributed by atoms with Crippen LogP contribution in [0.3, 0.4) is 0 Å². The van der Waals surface area contributed by atoms with Crippen molar-refractivity contribution in [1.82, 2.24) is 0 Å². The quantitative estimate of drug-likeness (QED) is 0.689. The van der Waals surface area contributed by atoms with Crippen LogP contribution in [0.5, 0.6) is 5.75 Å². The molecule has 1 N–H and O–H groups in total. The maximum absolute atomic E-state index is 13.7. The zero-order valence-corrected chi connectivity index (χ0v) is 14.4. The van der Waals surface area contributed by atoms with E-state index in [0.29, 0.717) is 28.6 Å². The molecule has 2 aromatic rings. The molecule has 0 spiro atoms. The van der Waals surface area contributed by atoms with E-state index in [0.717, 1.165) is 8.95 Å². The second-order valence-corrected chi connectivity index (χ2v) is 6.26. The largest absolute Gasteiger partial charge is 0.493 e. The summed E-state index contributed by atoms with van der Waals surface area (Å²) in [5, 5.41) is 3.69. The summed E-state index contributed by atoms with van der Waals surface area (Å²) in [6.45, 7) is 0.328. The molecular weight excluding hydrogens is 412 g/mol. The van der Waals surface area contributed by atoms with Crippen molar-refractivity contribution in [2.24, 2.45) is 0 Å². The Morgan fingerprint density at radius 2 is 2.00 bits per heavy atom. The summed E-state index contributed by atoms with van der Waals surface area (Å²) in [6, 6.07) is 8.29. The number of nitrogens with one attached hydrogen (secondary N) is 1. The van der Waals surface area contributed by atoms with Gasteiger partial charge in [-0.05, 0) is 46.3 Å². The van der Waals surface area contributed by atoms with E-state index in [1.807, 2.05) is 0 Å². The van der Waals surface area contributed by atoms with Gasteiger partial charge in [0.05, 0.1) is 17.3 Å².